The monoisotopic (exact) mass is 224 g/mol. The molecule has 96 valence electrons. The van der Waals surface area contributed by atoms with Crippen LogP contribution in [0.2, 0.25) is 0 Å². The zero-order valence-electron chi connectivity index (χ0n) is 12.0. The first-order chi connectivity index (χ1) is 7.65. The van der Waals surface area contributed by atoms with Crippen LogP contribution in [0.3, 0.4) is 0 Å². The molecule has 1 rings (SSSR count). The summed E-state index contributed by atoms with van der Waals surface area (Å²) in [7, 11) is 0. The maximum absolute atomic E-state index is 2.47. The predicted molar refractivity (Wildman–Crippen MR) is 73.6 cm³/mol. The minimum atomic E-state index is 0.946. The van der Waals surface area contributed by atoms with E-state index in [9.17, 15) is 0 Å². The van der Waals surface area contributed by atoms with Crippen molar-refractivity contribution in [2.24, 2.45) is 23.7 Å². The van der Waals surface area contributed by atoms with E-state index in [4.69, 9.17) is 0 Å². The highest BCUT2D eigenvalue weighted by Gasteiger charge is 2.26. The summed E-state index contributed by atoms with van der Waals surface area (Å²) < 4.78 is 0. The molecule has 4 atom stereocenters. The fourth-order valence-corrected chi connectivity index (χ4v) is 3.55. The first kappa shape index (κ1) is 14.1. The molecule has 1 saturated carbocycles. The Morgan fingerprint density at radius 2 is 1.75 bits per heavy atom. The van der Waals surface area contributed by atoms with Crippen LogP contribution in [0.5, 0.6) is 0 Å². The predicted octanol–water partition coefficient (Wildman–Crippen LogP) is 5.67. The standard InChI is InChI=1S/C16H32/c1-5-7-8-15-10-14(4)11-16(12-15)9-13(3)6-2/h13-16H,5-12H2,1-4H3. The maximum Gasteiger partial charge on any atom is -0.0407 e. The third-order valence-corrected chi connectivity index (χ3v) is 4.54. The normalized spacial score (nSPS) is 32.6. The molecular weight excluding hydrogens is 192 g/mol. The van der Waals surface area contributed by atoms with Crippen molar-refractivity contribution in [2.45, 2.75) is 79.1 Å². The number of hydrogen-bond acceptors (Lipinski definition) is 0. The molecule has 0 amide bonds. The maximum atomic E-state index is 2.47. The number of hydrogen-bond donors (Lipinski definition) is 0. The van der Waals surface area contributed by atoms with Crippen molar-refractivity contribution < 1.29 is 0 Å². The Bertz CT molecular complexity index is 173. The molecule has 0 spiro atoms. The summed E-state index contributed by atoms with van der Waals surface area (Å²) in [6.07, 6.45) is 11.7. The van der Waals surface area contributed by atoms with Gasteiger partial charge in [-0.05, 0) is 49.4 Å². The minimum Gasteiger partial charge on any atom is -0.0654 e. The lowest BCUT2D eigenvalue weighted by Crippen LogP contribution is -2.22. The van der Waals surface area contributed by atoms with E-state index in [0.717, 1.165) is 23.7 Å². The minimum absolute atomic E-state index is 0.946. The molecule has 0 radical (unpaired) electrons. The second kappa shape index (κ2) is 7.35. The van der Waals surface area contributed by atoms with Crippen molar-refractivity contribution in [3.8, 4) is 0 Å². The van der Waals surface area contributed by atoms with E-state index in [2.05, 4.69) is 27.7 Å². The summed E-state index contributed by atoms with van der Waals surface area (Å²) in [4.78, 5) is 0. The second-order valence-electron chi connectivity index (χ2n) is 6.44. The van der Waals surface area contributed by atoms with E-state index in [-0.39, 0.29) is 0 Å². The van der Waals surface area contributed by atoms with Gasteiger partial charge >= 0.3 is 0 Å². The van der Waals surface area contributed by atoms with Crippen LogP contribution in [-0.4, -0.2) is 0 Å². The zero-order chi connectivity index (χ0) is 12.0. The van der Waals surface area contributed by atoms with Crippen molar-refractivity contribution >= 4 is 0 Å². The fourth-order valence-electron chi connectivity index (χ4n) is 3.55. The molecule has 0 heterocycles. The SMILES string of the molecule is CCCCC1CC(C)CC(CC(C)CC)C1. The average Bonchev–Trinajstić information content (AvgIpc) is 2.25. The smallest absolute Gasteiger partial charge is 0.0407 e. The molecule has 1 fully saturated rings. The van der Waals surface area contributed by atoms with Gasteiger partial charge in [-0.1, -0.05) is 53.4 Å². The lowest BCUT2D eigenvalue weighted by molar-refractivity contribution is 0.172. The number of unbranched alkanes of at least 4 members (excludes halogenated alkanes) is 1. The van der Waals surface area contributed by atoms with Crippen LogP contribution < -0.4 is 0 Å². The van der Waals surface area contributed by atoms with Gasteiger partial charge in [0, 0.05) is 0 Å². The molecule has 0 heteroatoms. The van der Waals surface area contributed by atoms with Crippen molar-refractivity contribution in [1.29, 1.82) is 0 Å². The largest absolute Gasteiger partial charge is 0.0654 e. The van der Waals surface area contributed by atoms with Gasteiger partial charge < -0.3 is 0 Å². The summed E-state index contributed by atoms with van der Waals surface area (Å²) in [5.74, 6) is 4.03. The molecule has 0 aliphatic heterocycles. The Morgan fingerprint density at radius 3 is 2.38 bits per heavy atom. The summed E-state index contributed by atoms with van der Waals surface area (Å²) in [5, 5.41) is 0. The van der Waals surface area contributed by atoms with E-state index >= 15 is 0 Å². The fraction of sp³-hybridized carbons (Fsp3) is 1.00. The first-order valence-corrected chi connectivity index (χ1v) is 7.65. The van der Waals surface area contributed by atoms with Crippen molar-refractivity contribution in [3.05, 3.63) is 0 Å². The Morgan fingerprint density at radius 1 is 1.06 bits per heavy atom. The molecule has 1 aliphatic rings. The van der Waals surface area contributed by atoms with Crippen molar-refractivity contribution in [3.63, 3.8) is 0 Å². The van der Waals surface area contributed by atoms with Crippen LogP contribution in [0.4, 0.5) is 0 Å². The highest BCUT2D eigenvalue weighted by Crippen LogP contribution is 2.38. The molecule has 0 aromatic rings. The van der Waals surface area contributed by atoms with Crippen LogP contribution in [0.15, 0.2) is 0 Å². The van der Waals surface area contributed by atoms with E-state index in [1.54, 1.807) is 0 Å². The van der Waals surface area contributed by atoms with Crippen LogP contribution in [-0.2, 0) is 0 Å². The molecule has 1 aliphatic carbocycles. The van der Waals surface area contributed by atoms with Crippen LogP contribution >= 0.6 is 0 Å². The van der Waals surface area contributed by atoms with E-state index < -0.39 is 0 Å². The average molecular weight is 224 g/mol. The van der Waals surface area contributed by atoms with Crippen molar-refractivity contribution in [2.75, 3.05) is 0 Å². The highest BCUT2D eigenvalue weighted by atomic mass is 14.3. The summed E-state index contributed by atoms with van der Waals surface area (Å²) >= 11 is 0. The first-order valence-electron chi connectivity index (χ1n) is 7.65. The Balaban J connectivity index is 2.35. The van der Waals surface area contributed by atoms with Gasteiger partial charge in [0.2, 0.25) is 0 Å². The summed E-state index contributed by atoms with van der Waals surface area (Å²) in [6, 6.07) is 0. The van der Waals surface area contributed by atoms with Gasteiger partial charge in [-0.2, -0.15) is 0 Å². The van der Waals surface area contributed by atoms with Gasteiger partial charge in [0.05, 0.1) is 0 Å². The molecule has 0 aromatic heterocycles. The molecule has 0 saturated heterocycles. The third kappa shape index (κ3) is 4.89. The second-order valence-corrected chi connectivity index (χ2v) is 6.44. The highest BCUT2D eigenvalue weighted by molar-refractivity contribution is 4.78. The lowest BCUT2D eigenvalue weighted by atomic mass is 9.71. The molecule has 0 aromatic carbocycles. The van der Waals surface area contributed by atoms with Gasteiger partial charge in [0.1, 0.15) is 0 Å². The molecular formula is C16H32. The molecule has 16 heavy (non-hydrogen) atoms. The molecule has 0 bridgehead atoms. The number of rotatable bonds is 6. The van der Waals surface area contributed by atoms with Gasteiger partial charge in [0.15, 0.2) is 0 Å². The molecule has 0 nitrogen and oxygen atoms in total. The van der Waals surface area contributed by atoms with Gasteiger partial charge in [-0.3, -0.25) is 0 Å². The Hall–Kier alpha value is 0. The Kier molecular flexibility index (Phi) is 6.46. The van der Waals surface area contributed by atoms with Crippen LogP contribution in [0, 0.1) is 23.7 Å². The van der Waals surface area contributed by atoms with Crippen molar-refractivity contribution in [1.82, 2.24) is 0 Å². The van der Waals surface area contributed by atoms with E-state index in [1.165, 1.54) is 51.4 Å². The summed E-state index contributed by atoms with van der Waals surface area (Å²) in [6.45, 7) is 9.57. The van der Waals surface area contributed by atoms with E-state index in [1.807, 2.05) is 0 Å². The molecule has 0 N–H and O–H groups in total. The van der Waals surface area contributed by atoms with Gasteiger partial charge in [-0.15, -0.1) is 0 Å². The van der Waals surface area contributed by atoms with Gasteiger partial charge in [-0.25, -0.2) is 0 Å². The zero-order valence-corrected chi connectivity index (χ0v) is 12.0. The molecule has 4 unspecified atom stereocenters. The Labute approximate surface area is 103 Å². The third-order valence-electron chi connectivity index (χ3n) is 4.54. The van der Waals surface area contributed by atoms with Gasteiger partial charge in [0.25, 0.3) is 0 Å². The topological polar surface area (TPSA) is 0 Å². The quantitative estimate of drug-likeness (QED) is 0.545. The summed E-state index contributed by atoms with van der Waals surface area (Å²) in [5.41, 5.74) is 0. The van der Waals surface area contributed by atoms with Crippen LogP contribution in [0.25, 0.3) is 0 Å². The van der Waals surface area contributed by atoms with Crippen LogP contribution in [0.1, 0.15) is 79.1 Å². The lowest BCUT2D eigenvalue weighted by Gasteiger charge is -2.34. The van der Waals surface area contributed by atoms with E-state index in [0.29, 0.717) is 0 Å².